The molecule has 1 aromatic carbocycles. The zero-order valence-corrected chi connectivity index (χ0v) is 12.2. The third kappa shape index (κ3) is 3.97. The van der Waals surface area contributed by atoms with Crippen molar-refractivity contribution in [1.29, 1.82) is 0 Å². The van der Waals surface area contributed by atoms with Crippen molar-refractivity contribution >= 4 is 38.3 Å². The summed E-state index contributed by atoms with van der Waals surface area (Å²) in [5.41, 5.74) is 0. The van der Waals surface area contributed by atoms with E-state index in [1.165, 1.54) is 24.3 Å². The monoisotopic (exact) mass is 345 g/mol. The van der Waals surface area contributed by atoms with Crippen LogP contribution in [0.15, 0.2) is 24.3 Å². The molecule has 1 atom stereocenters. The van der Waals surface area contributed by atoms with Crippen LogP contribution in [0.5, 0.6) is 10.9 Å². The van der Waals surface area contributed by atoms with Gasteiger partial charge in [0.2, 0.25) is 11.0 Å². The third-order valence-corrected chi connectivity index (χ3v) is 3.15. The molecular weight excluding hydrogens is 337 g/mol. The standard InChI is InChI=1S/C11H9BrFN3O2S/c1-6(12)9(17)14-10-15-16-11(19-10)18-8-4-2-7(13)3-5-8/h2-6H,1H3,(H,14,15,17). The fraction of sp³-hybridized carbons (Fsp3) is 0.182. The predicted octanol–water partition coefficient (Wildman–Crippen LogP) is 3.19. The van der Waals surface area contributed by atoms with E-state index in [0.29, 0.717) is 10.9 Å². The Morgan fingerprint density at radius 2 is 2.11 bits per heavy atom. The van der Waals surface area contributed by atoms with Crippen LogP contribution in [-0.4, -0.2) is 20.9 Å². The van der Waals surface area contributed by atoms with E-state index in [-0.39, 0.29) is 21.7 Å². The van der Waals surface area contributed by atoms with E-state index in [2.05, 4.69) is 31.4 Å². The number of amides is 1. The molecule has 0 aliphatic heterocycles. The van der Waals surface area contributed by atoms with Crippen LogP contribution >= 0.6 is 27.3 Å². The summed E-state index contributed by atoms with van der Waals surface area (Å²) in [7, 11) is 0. The van der Waals surface area contributed by atoms with Crippen LogP contribution in [0.2, 0.25) is 0 Å². The third-order valence-electron chi connectivity index (χ3n) is 2.02. The van der Waals surface area contributed by atoms with Gasteiger partial charge in [0.25, 0.3) is 0 Å². The lowest BCUT2D eigenvalue weighted by molar-refractivity contribution is -0.115. The Hall–Kier alpha value is -1.54. The molecule has 1 amide bonds. The van der Waals surface area contributed by atoms with E-state index in [0.717, 1.165) is 11.3 Å². The van der Waals surface area contributed by atoms with Gasteiger partial charge in [-0.05, 0) is 42.5 Å². The number of carbonyl (C=O) groups is 1. The Morgan fingerprint density at radius 3 is 2.74 bits per heavy atom. The van der Waals surface area contributed by atoms with Gasteiger partial charge in [0.1, 0.15) is 11.6 Å². The van der Waals surface area contributed by atoms with Crippen molar-refractivity contribution in [1.82, 2.24) is 10.2 Å². The number of alkyl halides is 1. The van der Waals surface area contributed by atoms with Crippen molar-refractivity contribution in [2.45, 2.75) is 11.8 Å². The number of hydrogen-bond acceptors (Lipinski definition) is 5. The van der Waals surface area contributed by atoms with Gasteiger partial charge in [0, 0.05) is 0 Å². The molecule has 0 aliphatic rings. The first-order chi connectivity index (χ1) is 9.04. The van der Waals surface area contributed by atoms with Crippen molar-refractivity contribution in [3.63, 3.8) is 0 Å². The van der Waals surface area contributed by atoms with Gasteiger partial charge in [-0.1, -0.05) is 21.0 Å². The maximum Gasteiger partial charge on any atom is 0.301 e. The molecule has 0 spiro atoms. The van der Waals surface area contributed by atoms with E-state index in [9.17, 15) is 9.18 Å². The Morgan fingerprint density at radius 1 is 1.42 bits per heavy atom. The number of nitrogens with zero attached hydrogens (tertiary/aromatic N) is 2. The summed E-state index contributed by atoms with van der Waals surface area (Å²) < 4.78 is 18.1. The van der Waals surface area contributed by atoms with E-state index in [1.54, 1.807) is 6.92 Å². The number of nitrogens with one attached hydrogen (secondary N) is 1. The number of ether oxygens (including phenoxy) is 1. The summed E-state index contributed by atoms with van der Waals surface area (Å²) in [6.07, 6.45) is 0. The Kier molecular flexibility index (Phi) is 4.43. The second-order valence-electron chi connectivity index (χ2n) is 3.53. The molecule has 0 saturated heterocycles. The van der Waals surface area contributed by atoms with Crippen LogP contribution in [-0.2, 0) is 4.79 Å². The Bertz CT molecular complexity index is 574. The average molecular weight is 346 g/mol. The van der Waals surface area contributed by atoms with E-state index < -0.39 is 0 Å². The number of hydrogen-bond donors (Lipinski definition) is 1. The molecule has 1 aromatic heterocycles. The lowest BCUT2D eigenvalue weighted by atomic mass is 10.3. The van der Waals surface area contributed by atoms with Gasteiger partial charge in [0.05, 0.1) is 4.83 Å². The second kappa shape index (κ2) is 6.07. The molecular formula is C11H9BrFN3O2S. The molecule has 2 aromatic rings. The number of halogens is 2. The maximum atomic E-state index is 12.7. The lowest BCUT2D eigenvalue weighted by Crippen LogP contribution is -2.19. The molecule has 19 heavy (non-hydrogen) atoms. The summed E-state index contributed by atoms with van der Waals surface area (Å²) in [6, 6.07) is 5.53. The molecule has 0 saturated carbocycles. The normalized spacial score (nSPS) is 11.9. The molecule has 100 valence electrons. The predicted molar refractivity (Wildman–Crippen MR) is 73.4 cm³/mol. The highest BCUT2D eigenvalue weighted by Crippen LogP contribution is 2.27. The minimum atomic E-state index is -0.344. The van der Waals surface area contributed by atoms with Crippen LogP contribution in [0.1, 0.15) is 6.92 Å². The molecule has 0 radical (unpaired) electrons. The first-order valence-corrected chi connectivity index (χ1v) is 6.99. The lowest BCUT2D eigenvalue weighted by Gasteiger charge is -2.01. The SMILES string of the molecule is CC(Br)C(=O)Nc1nnc(Oc2ccc(F)cc2)s1. The molecule has 1 unspecified atom stereocenters. The summed E-state index contributed by atoms with van der Waals surface area (Å²) in [5.74, 6) is -0.113. The second-order valence-corrected chi connectivity index (χ2v) is 5.85. The van der Waals surface area contributed by atoms with Crippen molar-refractivity contribution in [2.24, 2.45) is 0 Å². The summed E-state index contributed by atoms with van der Waals surface area (Å²) >= 11 is 4.23. The first-order valence-electron chi connectivity index (χ1n) is 5.26. The van der Waals surface area contributed by atoms with Crippen molar-refractivity contribution in [3.05, 3.63) is 30.1 Å². The summed E-state index contributed by atoms with van der Waals surface area (Å²) in [5, 5.41) is 10.7. The number of benzene rings is 1. The largest absolute Gasteiger partial charge is 0.430 e. The fourth-order valence-electron chi connectivity index (χ4n) is 1.11. The van der Waals surface area contributed by atoms with Crippen LogP contribution in [0.3, 0.4) is 0 Å². The highest BCUT2D eigenvalue weighted by atomic mass is 79.9. The van der Waals surface area contributed by atoms with Gasteiger partial charge in [-0.3, -0.25) is 10.1 Å². The van der Waals surface area contributed by atoms with Crippen molar-refractivity contribution in [2.75, 3.05) is 5.32 Å². The molecule has 5 nitrogen and oxygen atoms in total. The summed E-state index contributed by atoms with van der Waals surface area (Å²) in [6.45, 7) is 1.70. The molecule has 1 N–H and O–H groups in total. The quantitative estimate of drug-likeness (QED) is 0.864. The molecule has 0 aliphatic carbocycles. The smallest absolute Gasteiger partial charge is 0.301 e. The van der Waals surface area contributed by atoms with Crippen LogP contribution in [0.4, 0.5) is 9.52 Å². The number of anilines is 1. The molecule has 8 heteroatoms. The van der Waals surface area contributed by atoms with Gasteiger partial charge >= 0.3 is 5.19 Å². The van der Waals surface area contributed by atoms with Gasteiger partial charge in [-0.25, -0.2) is 4.39 Å². The number of rotatable bonds is 4. The topological polar surface area (TPSA) is 64.1 Å². The molecule has 0 bridgehead atoms. The zero-order valence-electron chi connectivity index (χ0n) is 9.76. The minimum absolute atomic E-state index is 0.218. The van der Waals surface area contributed by atoms with E-state index in [1.807, 2.05) is 0 Å². The maximum absolute atomic E-state index is 12.7. The van der Waals surface area contributed by atoms with E-state index >= 15 is 0 Å². The van der Waals surface area contributed by atoms with Gasteiger partial charge in [-0.15, -0.1) is 5.10 Å². The summed E-state index contributed by atoms with van der Waals surface area (Å²) in [4.78, 5) is 11.1. The Balaban J connectivity index is 2.01. The van der Waals surface area contributed by atoms with Crippen LogP contribution in [0, 0.1) is 5.82 Å². The number of carbonyl (C=O) groups excluding carboxylic acids is 1. The average Bonchev–Trinajstić information content (AvgIpc) is 2.79. The Labute approximate surface area is 120 Å². The molecule has 0 fully saturated rings. The van der Waals surface area contributed by atoms with Crippen molar-refractivity contribution < 1.29 is 13.9 Å². The van der Waals surface area contributed by atoms with Crippen LogP contribution < -0.4 is 10.1 Å². The molecule has 2 rings (SSSR count). The molecule has 1 heterocycles. The fourth-order valence-corrected chi connectivity index (χ4v) is 1.84. The zero-order chi connectivity index (χ0) is 13.8. The van der Waals surface area contributed by atoms with Crippen molar-refractivity contribution in [3.8, 4) is 10.9 Å². The first kappa shape index (κ1) is 13.9. The minimum Gasteiger partial charge on any atom is -0.430 e. The van der Waals surface area contributed by atoms with Gasteiger partial charge in [-0.2, -0.15) is 0 Å². The van der Waals surface area contributed by atoms with Gasteiger partial charge < -0.3 is 4.74 Å². The van der Waals surface area contributed by atoms with Gasteiger partial charge in [0.15, 0.2) is 0 Å². The number of aromatic nitrogens is 2. The van der Waals surface area contributed by atoms with E-state index in [4.69, 9.17) is 4.74 Å². The van der Waals surface area contributed by atoms with Crippen LogP contribution in [0.25, 0.3) is 0 Å². The highest BCUT2D eigenvalue weighted by Gasteiger charge is 2.13. The highest BCUT2D eigenvalue weighted by molar-refractivity contribution is 9.10.